The van der Waals surface area contributed by atoms with Crippen LogP contribution in [-0.2, 0) is 11.3 Å². The van der Waals surface area contributed by atoms with Crippen LogP contribution in [0.4, 0.5) is 0 Å². The molecular formula is C23H32IN3O3. The first kappa shape index (κ1) is 24.3. The van der Waals surface area contributed by atoms with Crippen LogP contribution in [0.2, 0.25) is 0 Å². The molecule has 2 aromatic carbocycles. The lowest BCUT2D eigenvalue weighted by Crippen LogP contribution is -2.39. The topological polar surface area (TPSA) is 64.1 Å². The zero-order chi connectivity index (χ0) is 20.5. The number of halogens is 1. The predicted molar refractivity (Wildman–Crippen MR) is 131 cm³/mol. The van der Waals surface area contributed by atoms with E-state index >= 15 is 0 Å². The lowest BCUT2D eigenvalue weighted by Gasteiger charge is -2.18. The molecule has 0 amide bonds. The van der Waals surface area contributed by atoms with Crippen LogP contribution in [0, 0.1) is 13.8 Å². The van der Waals surface area contributed by atoms with Crippen LogP contribution in [0.1, 0.15) is 23.1 Å². The van der Waals surface area contributed by atoms with Crippen LogP contribution in [-0.4, -0.2) is 45.5 Å². The summed E-state index contributed by atoms with van der Waals surface area (Å²) in [6, 6.07) is 14.3. The summed E-state index contributed by atoms with van der Waals surface area (Å²) >= 11 is 0. The number of benzene rings is 2. The molecule has 0 spiro atoms. The van der Waals surface area contributed by atoms with E-state index in [1.54, 1.807) is 7.05 Å². The molecule has 2 N–H and O–H groups in total. The van der Waals surface area contributed by atoms with Crippen molar-refractivity contribution in [2.45, 2.75) is 32.9 Å². The fraction of sp³-hybridized carbons (Fsp3) is 0.435. The number of hydrogen-bond acceptors (Lipinski definition) is 4. The molecule has 1 saturated heterocycles. The lowest BCUT2D eigenvalue weighted by molar-refractivity contribution is 0.140. The van der Waals surface area contributed by atoms with E-state index in [2.05, 4.69) is 47.7 Å². The highest BCUT2D eigenvalue weighted by Crippen LogP contribution is 2.23. The quantitative estimate of drug-likeness (QED) is 0.238. The fourth-order valence-corrected chi connectivity index (χ4v) is 3.08. The molecule has 1 atom stereocenters. The Hall–Kier alpha value is -2.00. The summed E-state index contributed by atoms with van der Waals surface area (Å²) in [5, 5.41) is 6.63. The normalized spacial score (nSPS) is 16.0. The van der Waals surface area contributed by atoms with Gasteiger partial charge in [0.25, 0.3) is 0 Å². The molecule has 7 heteroatoms. The number of rotatable bonds is 8. The molecule has 0 radical (unpaired) electrons. The van der Waals surface area contributed by atoms with Gasteiger partial charge < -0.3 is 24.8 Å². The first-order valence-electron chi connectivity index (χ1n) is 10.1. The molecule has 0 saturated carbocycles. The Balaban J connectivity index is 0.00000320. The third-order valence-corrected chi connectivity index (χ3v) is 4.76. The number of ether oxygens (including phenoxy) is 3. The molecule has 0 aliphatic carbocycles. The van der Waals surface area contributed by atoms with Gasteiger partial charge in [0.1, 0.15) is 24.2 Å². The third kappa shape index (κ3) is 7.68. The standard InChI is InChI=1S/C23H31N3O3.HI/c1-17-5-8-20(9-6-17)28-13-11-25-23(24-3)26-15-19-7-4-18(2)14-22(19)29-21-10-12-27-16-21;/h4-9,14,21H,10-13,15-16H2,1-3H3,(H2,24,25,26);1H. The number of guanidine groups is 1. The average molecular weight is 525 g/mol. The summed E-state index contributed by atoms with van der Waals surface area (Å²) in [7, 11) is 1.76. The van der Waals surface area contributed by atoms with Crippen molar-refractivity contribution in [3.05, 3.63) is 59.2 Å². The highest BCUT2D eigenvalue weighted by atomic mass is 127. The smallest absolute Gasteiger partial charge is 0.191 e. The first-order chi connectivity index (χ1) is 14.1. The summed E-state index contributed by atoms with van der Waals surface area (Å²) < 4.78 is 17.3. The minimum Gasteiger partial charge on any atom is -0.492 e. The number of aliphatic imine (C=N–C) groups is 1. The van der Waals surface area contributed by atoms with E-state index in [0.29, 0.717) is 26.3 Å². The van der Waals surface area contributed by atoms with Crippen LogP contribution < -0.4 is 20.1 Å². The van der Waals surface area contributed by atoms with Gasteiger partial charge in [-0.1, -0.05) is 29.8 Å². The van der Waals surface area contributed by atoms with E-state index in [-0.39, 0.29) is 30.1 Å². The van der Waals surface area contributed by atoms with Crippen molar-refractivity contribution in [3.8, 4) is 11.5 Å². The predicted octanol–water partition coefficient (Wildman–Crippen LogP) is 3.83. The first-order valence-corrected chi connectivity index (χ1v) is 10.1. The van der Waals surface area contributed by atoms with Gasteiger partial charge >= 0.3 is 0 Å². The number of aryl methyl sites for hydroxylation is 2. The molecule has 1 heterocycles. The van der Waals surface area contributed by atoms with E-state index in [1.165, 1.54) is 11.1 Å². The van der Waals surface area contributed by atoms with E-state index in [9.17, 15) is 0 Å². The van der Waals surface area contributed by atoms with Crippen LogP contribution in [0.5, 0.6) is 11.5 Å². The van der Waals surface area contributed by atoms with E-state index < -0.39 is 0 Å². The molecule has 30 heavy (non-hydrogen) atoms. The largest absolute Gasteiger partial charge is 0.492 e. The number of nitrogens with one attached hydrogen (secondary N) is 2. The molecule has 1 aliphatic rings. The van der Waals surface area contributed by atoms with E-state index in [0.717, 1.165) is 36.0 Å². The number of hydrogen-bond donors (Lipinski definition) is 2. The van der Waals surface area contributed by atoms with Crippen LogP contribution >= 0.6 is 24.0 Å². The summed E-state index contributed by atoms with van der Waals surface area (Å²) in [4.78, 5) is 4.29. The molecular weight excluding hydrogens is 493 g/mol. The Morgan fingerprint density at radius 1 is 1.10 bits per heavy atom. The Morgan fingerprint density at radius 3 is 2.57 bits per heavy atom. The Bertz CT molecular complexity index is 806. The van der Waals surface area contributed by atoms with Gasteiger partial charge in [0, 0.05) is 25.6 Å². The van der Waals surface area contributed by atoms with Gasteiger partial charge in [0.15, 0.2) is 5.96 Å². The fourth-order valence-electron chi connectivity index (χ4n) is 3.08. The van der Waals surface area contributed by atoms with Gasteiger partial charge in [-0.25, -0.2) is 0 Å². The van der Waals surface area contributed by atoms with Crippen molar-refractivity contribution in [1.29, 1.82) is 0 Å². The average Bonchev–Trinajstić information content (AvgIpc) is 3.23. The highest BCUT2D eigenvalue weighted by Gasteiger charge is 2.18. The Morgan fingerprint density at radius 2 is 1.87 bits per heavy atom. The summed E-state index contributed by atoms with van der Waals surface area (Å²) in [5.41, 5.74) is 3.50. The molecule has 0 aromatic heterocycles. The van der Waals surface area contributed by atoms with Crippen molar-refractivity contribution in [1.82, 2.24) is 10.6 Å². The summed E-state index contributed by atoms with van der Waals surface area (Å²) in [5.74, 6) is 2.51. The van der Waals surface area contributed by atoms with Gasteiger partial charge in [-0.15, -0.1) is 24.0 Å². The maximum Gasteiger partial charge on any atom is 0.191 e. The Labute approximate surface area is 196 Å². The summed E-state index contributed by atoms with van der Waals surface area (Å²) in [6.45, 7) is 7.41. The minimum atomic E-state index is 0. The second kappa shape index (κ2) is 12.6. The second-order valence-electron chi connectivity index (χ2n) is 7.23. The Kier molecular flexibility index (Phi) is 10.2. The van der Waals surface area contributed by atoms with Crippen molar-refractivity contribution in [2.24, 2.45) is 4.99 Å². The van der Waals surface area contributed by atoms with E-state index in [1.807, 2.05) is 24.3 Å². The van der Waals surface area contributed by atoms with E-state index in [4.69, 9.17) is 14.2 Å². The molecule has 2 aromatic rings. The molecule has 1 fully saturated rings. The maximum absolute atomic E-state index is 6.16. The van der Waals surface area contributed by atoms with Crippen LogP contribution in [0.3, 0.4) is 0 Å². The third-order valence-electron chi connectivity index (χ3n) is 4.76. The van der Waals surface area contributed by atoms with Crippen molar-refractivity contribution < 1.29 is 14.2 Å². The van der Waals surface area contributed by atoms with Crippen LogP contribution in [0.15, 0.2) is 47.5 Å². The minimum absolute atomic E-state index is 0. The van der Waals surface area contributed by atoms with Crippen molar-refractivity contribution >= 4 is 29.9 Å². The zero-order valence-corrected chi connectivity index (χ0v) is 20.3. The molecule has 3 rings (SSSR count). The zero-order valence-electron chi connectivity index (χ0n) is 17.9. The molecule has 1 unspecified atom stereocenters. The van der Waals surface area contributed by atoms with Crippen molar-refractivity contribution in [2.75, 3.05) is 33.4 Å². The monoisotopic (exact) mass is 525 g/mol. The summed E-state index contributed by atoms with van der Waals surface area (Å²) in [6.07, 6.45) is 1.07. The number of nitrogens with zero attached hydrogens (tertiary/aromatic N) is 1. The lowest BCUT2D eigenvalue weighted by atomic mass is 10.1. The maximum atomic E-state index is 6.16. The van der Waals surface area contributed by atoms with Gasteiger partial charge in [-0.3, -0.25) is 4.99 Å². The molecule has 164 valence electrons. The van der Waals surface area contributed by atoms with Crippen LogP contribution in [0.25, 0.3) is 0 Å². The van der Waals surface area contributed by atoms with Gasteiger partial charge in [0.2, 0.25) is 0 Å². The second-order valence-corrected chi connectivity index (χ2v) is 7.23. The SMILES string of the molecule is CN=C(NCCOc1ccc(C)cc1)NCc1ccc(C)cc1OC1CCOC1.I. The van der Waals surface area contributed by atoms with Gasteiger partial charge in [0.05, 0.1) is 19.8 Å². The molecule has 6 nitrogen and oxygen atoms in total. The highest BCUT2D eigenvalue weighted by molar-refractivity contribution is 14.0. The van der Waals surface area contributed by atoms with Gasteiger partial charge in [-0.05, 0) is 37.6 Å². The van der Waals surface area contributed by atoms with Gasteiger partial charge in [-0.2, -0.15) is 0 Å². The molecule has 1 aliphatic heterocycles. The molecule has 0 bridgehead atoms. The van der Waals surface area contributed by atoms with Crippen molar-refractivity contribution in [3.63, 3.8) is 0 Å².